The van der Waals surface area contributed by atoms with Gasteiger partial charge in [0.1, 0.15) is 5.95 Å². The zero-order chi connectivity index (χ0) is 17.8. The fourth-order valence-corrected chi connectivity index (χ4v) is 2.45. The van der Waals surface area contributed by atoms with Gasteiger partial charge in [-0.25, -0.2) is 0 Å². The largest absolute Gasteiger partial charge is 0.417 e. The molecule has 2 aliphatic carbocycles. The van der Waals surface area contributed by atoms with Gasteiger partial charge >= 0.3 is 0 Å². The van der Waals surface area contributed by atoms with Gasteiger partial charge in [-0.1, -0.05) is 58.9 Å². The van der Waals surface area contributed by atoms with Crippen LogP contribution in [0.15, 0.2) is 29.7 Å². The number of aromatic nitrogens is 2. The van der Waals surface area contributed by atoms with Gasteiger partial charge in [-0.2, -0.15) is 6.08 Å². The number of rotatable bonds is 3. The quantitative estimate of drug-likeness (QED) is 0.568. The van der Waals surface area contributed by atoms with E-state index in [2.05, 4.69) is 33.6 Å². The van der Waals surface area contributed by atoms with Crippen LogP contribution in [0.2, 0.25) is 0 Å². The molecule has 3 N–H and O–H groups in total. The van der Waals surface area contributed by atoms with Crippen LogP contribution in [0, 0.1) is 12.3 Å². The molecule has 4 nitrogen and oxygen atoms in total. The van der Waals surface area contributed by atoms with E-state index in [0.29, 0.717) is 5.95 Å². The van der Waals surface area contributed by atoms with E-state index in [9.17, 15) is 0 Å². The number of hydrogen-bond acceptors (Lipinski definition) is 4. The average molecular weight is 504 g/mol. The van der Waals surface area contributed by atoms with Crippen LogP contribution in [0.4, 0.5) is 5.95 Å². The standard InChI is InChI=1S/C16H18N4.2C2H6.2Y/c17-14-7-4-8-15(9-14)20-16-18-10-13(11-19-16)12-5-2-1-3-6-12;2*1-2;;/h5,9-10H,1-4,6-7,17H2,(H,18,19,20);2*1-2H3;;/q-2;;;;. The first-order valence-corrected chi connectivity index (χ1v) is 9.09. The first-order valence-electron chi connectivity index (χ1n) is 9.09. The fourth-order valence-electron chi connectivity index (χ4n) is 2.45. The molecule has 0 fully saturated rings. The average Bonchev–Trinajstić information content (AvgIpc) is 2.66. The summed E-state index contributed by atoms with van der Waals surface area (Å²) in [6, 6.07) is 0. The first-order chi connectivity index (χ1) is 11.8. The third-order valence-electron chi connectivity index (χ3n) is 3.54. The Kier molecular flexibility index (Phi) is 18.8. The van der Waals surface area contributed by atoms with Crippen LogP contribution < -0.4 is 11.1 Å². The summed E-state index contributed by atoms with van der Waals surface area (Å²) < 4.78 is 0. The van der Waals surface area contributed by atoms with Crippen molar-refractivity contribution in [3.05, 3.63) is 47.6 Å². The molecule has 1 heterocycles. The molecule has 2 radical (unpaired) electrons. The summed E-state index contributed by atoms with van der Waals surface area (Å²) in [6.07, 6.45) is 18.7. The molecule has 0 unspecified atom stereocenters. The zero-order valence-electron chi connectivity index (χ0n) is 16.6. The second-order valence-electron chi connectivity index (χ2n) is 5.13. The number of nitrogens with two attached hydrogens (primary N) is 1. The molecule has 6 heteroatoms. The molecule has 138 valence electrons. The monoisotopic (exact) mass is 504 g/mol. The van der Waals surface area contributed by atoms with Crippen molar-refractivity contribution in [3.63, 3.8) is 0 Å². The van der Waals surface area contributed by atoms with Gasteiger partial charge in [0.25, 0.3) is 0 Å². The Bertz CT molecular complexity index is 578. The summed E-state index contributed by atoms with van der Waals surface area (Å²) in [4.78, 5) is 8.60. The van der Waals surface area contributed by atoms with E-state index < -0.39 is 0 Å². The first kappa shape index (κ1) is 28.3. The third kappa shape index (κ3) is 9.87. The van der Waals surface area contributed by atoms with Crippen molar-refractivity contribution < 1.29 is 65.4 Å². The Morgan fingerprint density at radius 2 is 1.81 bits per heavy atom. The molecular weight excluding hydrogens is 474 g/mol. The minimum Gasteiger partial charge on any atom is -0.417 e. The number of allylic oxidation sites excluding steroid dienone is 5. The van der Waals surface area contributed by atoms with Crippen molar-refractivity contribution in [1.82, 2.24) is 9.97 Å². The third-order valence-corrected chi connectivity index (χ3v) is 3.54. The van der Waals surface area contributed by atoms with Crippen molar-refractivity contribution in [1.29, 1.82) is 0 Å². The molecule has 0 saturated carbocycles. The summed E-state index contributed by atoms with van der Waals surface area (Å²) in [5.41, 5.74) is 9.83. The Hall–Kier alpha value is 0.108. The van der Waals surface area contributed by atoms with Crippen LogP contribution in [0.25, 0.3) is 5.57 Å². The Balaban J connectivity index is 0. The van der Waals surface area contributed by atoms with E-state index in [0.717, 1.165) is 42.6 Å². The summed E-state index contributed by atoms with van der Waals surface area (Å²) in [5.74, 6) is 0.540. The van der Waals surface area contributed by atoms with Crippen LogP contribution in [-0.4, -0.2) is 9.97 Å². The van der Waals surface area contributed by atoms with E-state index in [4.69, 9.17) is 5.73 Å². The maximum absolute atomic E-state index is 5.80. The van der Waals surface area contributed by atoms with Crippen molar-refractivity contribution in [3.8, 4) is 0 Å². The van der Waals surface area contributed by atoms with Crippen LogP contribution in [0.1, 0.15) is 71.8 Å². The van der Waals surface area contributed by atoms with Gasteiger partial charge in [0.05, 0.1) is 0 Å². The maximum atomic E-state index is 5.80. The van der Waals surface area contributed by atoms with E-state index in [1.807, 2.05) is 40.0 Å². The van der Waals surface area contributed by atoms with Crippen molar-refractivity contribution in [2.24, 2.45) is 5.73 Å². The minimum absolute atomic E-state index is 0. The van der Waals surface area contributed by atoms with Crippen molar-refractivity contribution in [2.45, 2.75) is 66.2 Å². The number of anilines is 1. The van der Waals surface area contributed by atoms with Crippen LogP contribution in [-0.2, 0) is 65.4 Å². The SMILES string of the molecule is CC.CC.NC1=CC(Nc2n[c-]c(C3=CCCCC3)cn2)=[C-]CC1.[Y].[Y]. The summed E-state index contributed by atoms with van der Waals surface area (Å²) in [7, 11) is 0. The van der Waals surface area contributed by atoms with Gasteiger partial charge in [0.2, 0.25) is 0 Å². The fraction of sp³-hybridized carbons (Fsp3) is 0.500. The minimum atomic E-state index is 0. The second-order valence-corrected chi connectivity index (χ2v) is 5.13. The Labute approximate surface area is 209 Å². The maximum Gasteiger partial charge on any atom is 0.138 e. The molecule has 26 heavy (non-hydrogen) atoms. The number of hydrogen-bond donors (Lipinski definition) is 2. The van der Waals surface area contributed by atoms with E-state index in [1.54, 1.807) is 0 Å². The predicted octanol–water partition coefficient (Wildman–Crippen LogP) is 5.02. The predicted molar refractivity (Wildman–Crippen MR) is 102 cm³/mol. The number of nitrogens with one attached hydrogen (secondary N) is 1. The summed E-state index contributed by atoms with van der Waals surface area (Å²) in [6.45, 7) is 8.00. The van der Waals surface area contributed by atoms with E-state index in [-0.39, 0.29) is 65.4 Å². The number of nitrogens with zero attached hydrogens (tertiary/aromatic N) is 2. The molecular formula is C20H30N4Y2-2. The Morgan fingerprint density at radius 3 is 2.35 bits per heavy atom. The molecule has 0 bridgehead atoms. The molecule has 2 aliphatic rings. The van der Waals surface area contributed by atoms with Gasteiger partial charge in [-0.05, 0) is 19.0 Å². The molecule has 0 atom stereocenters. The zero-order valence-corrected chi connectivity index (χ0v) is 22.3. The van der Waals surface area contributed by atoms with Crippen LogP contribution >= 0.6 is 0 Å². The summed E-state index contributed by atoms with van der Waals surface area (Å²) >= 11 is 0. The smallest absolute Gasteiger partial charge is 0.138 e. The summed E-state index contributed by atoms with van der Waals surface area (Å²) in [5, 5.41) is 3.12. The molecule has 1 aromatic heterocycles. The van der Waals surface area contributed by atoms with Gasteiger partial charge in [0.15, 0.2) is 0 Å². The molecule has 0 amide bonds. The van der Waals surface area contributed by atoms with Gasteiger partial charge in [0, 0.05) is 65.4 Å². The van der Waals surface area contributed by atoms with E-state index >= 15 is 0 Å². The van der Waals surface area contributed by atoms with Gasteiger partial charge in [-0.3, -0.25) is 6.08 Å². The molecule has 3 rings (SSSR count). The van der Waals surface area contributed by atoms with Crippen LogP contribution in [0.3, 0.4) is 0 Å². The van der Waals surface area contributed by atoms with Crippen LogP contribution in [0.5, 0.6) is 0 Å². The van der Waals surface area contributed by atoms with Gasteiger partial charge < -0.3 is 21.0 Å². The molecule has 0 aliphatic heterocycles. The Morgan fingerprint density at radius 1 is 1.08 bits per heavy atom. The molecule has 1 aromatic rings. The molecule has 0 aromatic carbocycles. The molecule has 0 spiro atoms. The second kappa shape index (κ2) is 17.2. The van der Waals surface area contributed by atoms with Crippen molar-refractivity contribution >= 4 is 11.5 Å². The molecule has 0 saturated heterocycles. The topological polar surface area (TPSA) is 63.8 Å². The normalized spacial score (nSPS) is 15.0. The van der Waals surface area contributed by atoms with Gasteiger partial charge in [-0.15, -0.1) is 29.3 Å². The van der Waals surface area contributed by atoms with Crippen molar-refractivity contribution in [2.75, 3.05) is 5.32 Å². The van der Waals surface area contributed by atoms with E-state index in [1.165, 1.54) is 18.4 Å².